The lowest BCUT2D eigenvalue weighted by molar-refractivity contribution is -0.118. The van der Waals surface area contributed by atoms with E-state index in [2.05, 4.69) is 15.5 Å². The molecule has 1 heterocycles. The second-order valence-corrected chi connectivity index (χ2v) is 8.53. The zero-order chi connectivity index (χ0) is 22.5. The van der Waals surface area contributed by atoms with Crippen LogP contribution in [0.4, 0.5) is 4.39 Å². The SMILES string of the molecule is O=C(CSc1nc2ccccc2n1Cc1ccccc1Cl)NN=Cc1c(F)cccc1Cl. The molecule has 162 valence electrons. The number of hydrogen-bond acceptors (Lipinski definition) is 4. The predicted molar refractivity (Wildman–Crippen MR) is 128 cm³/mol. The second kappa shape index (κ2) is 10.2. The van der Waals surface area contributed by atoms with Crippen LogP contribution in [0.2, 0.25) is 10.0 Å². The van der Waals surface area contributed by atoms with Crippen LogP contribution < -0.4 is 5.43 Å². The van der Waals surface area contributed by atoms with Gasteiger partial charge >= 0.3 is 0 Å². The number of amides is 1. The third-order valence-corrected chi connectivity index (χ3v) is 6.30. The maximum absolute atomic E-state index is 13.8. The average molecular weight is 487 g/mol. The highest BCUT2D eigenvalue weighted by Crippen LogP contribution is 2.27. The monoisotopic (exact) mass is 486 g/mol. The molecule has 9 heteroatoms. The molecule has 0 radical (unpaired) electrons. The van der Waals surface area contributed by atoms with Gasteiger partial charge in [-0.3, -0.25) is 4.79 Å². The van der Waals surface area contributed by atoms with E-state index < -0.39 is 5.82 Å². The predicted octanol–water partition coefficient (Wildman–Crippen LogP) is 5.77. The molecular weight excluding hydrogens is 470 g/mol. The molecular formula is C23H17Cl2FN4OS. The molecule has 1 amide bonds. The summed E-state index contributed by atoms with van der Waals surface area (Å²) >= 11 is 13.6. The van der Waals surface area contributed by atoms with E-state index in [0.29, 0.717) is 16.7 Å². The minimum atomic E-state index is -0.516. The van der Waals surface area contributed by atoms with Crippen LogP contribution >= 0.6 is 35.0 Å². The van der Waals surface area contributed by atoms with Crippen molar-refractivity contribution in [2.75, 3.05) is 5.75 Å². The maximum atomic E-state index is 13.8. The van der Waals surface area contributed by atoms with Gasteiger partial charge in [-0.15, -0.1) is 0 Å². The van der Waals surface area contributed by atoms with Gasteiger partial charge in [-0.05, 0) is 35.9 Å². The zero-order valence-corrected chi connectivity index (χ0v) is 19.0. The van der Waals surface area contributed by atoms with Gasteiger partial charge in [0.05, 0.1) is 34.6 Å². The molecule has 3 aromatic carbocycles. The fourth-order valence-corrected chi connectivity index (χ4v) is 4.29. The summed E-state index contributed by atoms with van der Waals surface area (Å²) < 4.78 is 15.8. The van der Waals surface area contributed by atoms with Crippen molar-refractivity contribution < 1.29 is 9.18 Å². The molecule has 0 aliphatic heterocycles. The first-order chi connectivity index (χ1) is 15.5. The molecule has 1 aromatic heterocycles. The van der Waals surface area contributed by atoms with Crippen LogP contribution in [0.3, 0.4) is 0 Å². The number of hydrazone groups is 1. The van der Waals surface area contributed by atoms with E-state index in [9.17, 15) is 9.18 Å². The third kappa shape index (κ3) is 5.12. The minimum Gasteiger partial charge on any atom is -0.314 e. The lowest BCUT2D eigenvalue weighted by Crippen LogP contribution is -2.20. The Bertz CT molecular complexity index is 1290. The Morgan fingerprint density at radius 1 is 1.06 bits per heavy atom. The number of nitrogens with zero attached hydrogens (tertiary/aromatic N) is 3. The summed E-state index contributed by atoms with van der Waals surface area (Å²) in [6.45, 7) is 0.522. The molecule has 0 saturated carbocycles. The van der Waals surface area contributed by atoms with E-state index >= 15 is 0 Å². The van der Waals surface area contributed by atoms with Gasteiger partial charge in [0.2, 0.25) is 0 Å². The molecule has 0 aliphatic rings. The molecule has 1 N–H and O–H groups in total. The van der Waals surface area contributed by atoms with Gasteiger partial charge in [0, 0.05) is 10.6 Å². The van der Waals surface area contributed by atoms with E-state index in [1.807, 2.05) is 53.1 Å². The van der Waals surface area contributed by atoms with E-state index in [4.69, 9.17) is 23.2 Å². The molecule has 0 spiro atoms. The molecule has 0 unspecified atom stereocenters. The first-order valence-electron chi connectivity index (χ1n) is 9.60. The Morgan fingerprint density at radius 3 is 2.62 bits per heavy atom. The van der Waals surface area contributed by atoms with Gasteiger partial charge in [0.25, 0.3) is 5.91 Å². The molecule has 4 rings (SSSR count). The van der Waals surface area contributed by atoms with Crippen LogP contribution in [0.15, 0.2) is 77.0 Å². The van der Waals surface area contributed by atoms with Crippen LogP contribution in [0.25, 0.3) is 11.0 Å². The van der Waals surface area contributed by atoms with Crippen molar-refractivity contribution in [2.45, 2.75) is 11.7 Å². The molecule has 0 saturated heterocycles. The van der Waals surface area contributed by atoms with E-state index in [-0.39, 0.29) is 22.2 Å². The first-order valence-corrected chi connectivity index (χ1v) is 11.3. The Kier molecular flexibility index (Phi) is 7.09. The standard InChI is InChI=1S/C23H17Cl2FN4OS/c24-17-7-2-1-6-15(17)13-30-21-11-4-3-10-20(21)28-23(30)32-14-22(31)29-27-12-16-18(25)8-5-9-19(16)26/h1-12H,13-14H2,(H,29,31). The minimum absolute atomic E-state index is 0.0776. The molecule has 0 bridgehead atoms. The lowest BCUT2D eigenvalue weighted by Gasteiger charge is -2.10. The second-order valence-electron chi connectivity index (χ2n) is 6.78. The van der Waals surface area contributed by atoms with Crippen LogP contribution in [-0.4, -0.2) is 27.4 Å². The van der Waals surface area contributed by atoms with Gasteiger partial charge < -0.3 is 4.57 Å². The Labute approximate surface area is 198 Å². The fraction of sp³-hybridized carbons (Fsp3) is 0.0870. The highest BCUT2D eigenvalue weighted by molar-refractivity contribution is 7.99. The van der Waals surface area contributed by atoms with Gasteiger partial charge in [-0.2, -0.15) is 5.10 Å². The van der Waals surface area contributed by atoms with Gasteiger partial charge in [-0.1, -0.05) is 71.4 Å². The number of benzene rings is 3. The Morgan fingerprint density at radius 2 is 1.81 bits per heavy atom. The molecule has 0 fully saturated rings. The largest absolute Gasteiger partial charge is 0.314 e. The van der Waals surface area contributed by atoms with Crippen molar-refractivity contribution >= 4 is 58.1 Å². The summed E-state index contributed by atoms with van der Waals surface area (Å²) in [5.41, 5.74) is 5.24. The van der Waals surface area contributed by atoms with Crippen molar-refractivity contribution in [3.63, 3.8) is 0 Å². The number of carbonyl (C=O) groups is 1. The number of carbonyl (C=O) groups excluding carboxylic acids is 1. The average Bonchev–Trinajstić information content (AvgIpc) is 3.13. The Balaban J connectivity index is 1.47. The summed E-state index contributed by atoms with van der Waals surface area (Å²) in [4.78, 5) is 16.9. The topological polar surface area (TPSA) is 59.3 Å². The highest BCUT2D eigenvalue weighted by Gasteiger charge is 2.14. The smallest absolute Gasteiger partial charge is 0.250 e. The van der Waals surface area contributed by atoms with Gasteiger partial charge in [0.1, 0.15) is 5.82 Å². The number of thioether (sulfide) groups is 1. The van der Waals surface area contributed by atoms with Crippen LogP contribution in [0.1, 0.15) is 11.1 Å². The zero-order valence-electron chi connectivity index (χ0n) is 16.6. The molecule has 4 aromatic rings. The first kappa shape index (κ1) is 22.3. The van der Waals surface area contributed by atoms with Crippen molar-refractivity contribution in [2.24, 2.45) is 5.10 Å². The van der Waals surface area contributed by atoms with E-state index in [1.54, 1.807) is 6.07 Å². The van der Waals surface area contributed by atoms with E-state index in [1.165, 1.54) is 30.1 Å². The normalized spacial score (nSPS) is 11.3. The van der Waals surface area contributed by atoms with Gasteiger partial charge in [0.15, 0.2) is 5.16 Å². The number of fused-ring (bicyclic) bond motifs is 1. The van der Waals surface area contributed by atoms with Gasteiger partial charge in [-0.25, -0.2) is 14.8 Å². The van der Waals surface area contributed by atoms with Crippen molar-refractivity contribution in [3.8, 4) is 0 Å². The summed E-state index contributed by atoms with van der Waals surface area (Å²) in [5, 5.41) is 5.38. The summed E-state index contributed by atoms with van der Waals surface area (Å²) in [5.74, 6) is -0.790. The molecule has 0 aliphatic carbocycles. The van der Waals surface area contributed by atoms with Crippen molar-refractivity contribution in [1.29, 1.82) is 0 Å². The molecule has 5 nitrogen and oxygen atoms in total. The molecule has 0 atom stereocenters. The third-order valence-electron chi connectivity index (χ3n) is 4.62. The van der Waals surface area contributed by atoms with Crippen molar-refractivity contribution in [1.82, 2.24) is 15.0 Å². The van der Waals surface area contributed by atoms with Crippen LogP contribution in [0, 0.1) is 5.82 Å². The number of nitrogens with one attached hydrogen (secondary N) is 1. The van der Waals surface area contributed by atoms with E-state index in [0.717, 1.165) is 16.6 Å². The number of aromatic nitrogens is 2. The number of rotatable bonds is 7. The number of imidazole rings is 1. The Hall–Kier alpha value is -2.87. The quantitative estimate of drug-likeness (QED) is 0.205. The molecule has 32 heavy (non-hydrogen) atoms. The summed E-state index contributed by atoms with van der Waals surface area (Å²) in [6, 6.07) is 19.7. The number of halogens is 3. The van der Waals surface area contributed by atoms with Crippen LogP contribution in [0.5, 0.6) is 0 Å². The fourth-order valence-electron chi connectivity index (χ4n) is 3.08. The van der Waals surface area contributed by atoms with Crippen molar-refractivity contribution in [3.05, 3.63) is 93.7 Å². The summed E-state index contributed by atoms with van der Waals surface area (Å²) in [7, 11) is 0. The van der Waals surface area contributed by atoms with Crippen LogP contribution in [-0.2, 0) is 11.3 Å². The maximum Gasteiger partial charge on any atom is 0.250 e. The highest BCUT2D eigenvalue weighted by atomic mass is 35.5. The number of hydrogen-bond donors (Lipinski definition) is 1. The number of para-hydroxylation sites is 2. The lowest BCUT2D eigenvalue weighted by atomic mass is 10.2. The summed E-state index contributed by atoms with van der Waals surface area (Å²) in [6.07, 6.45) is 1.19.